The maximum atomic E-state index is 13.7. The maximum absolute atomic E-state index is 13.7. The molecule has 2 aromatic rings. The van der Waals surface area contributed by atoms with E-state index in [1.165, 1.54) is 59.3 Å². The molecule has 0 saturated carbocycles. The smallest absolute Gasteiger partial charge is 0.193 e. The summed E-state index contributed by atoms with van der Waals surface area (Å²) in [6.07, 6.45) is 9.20. The van der Waals surface area contributed by atoms with Gasteiger partial charge in [0.1, 0.15) is 0 Å². The highest BCUT2D eigenvalue weighted by atomic mass is 16.1. The van der Waals surface area contributed by atoms with Crippen molar-refractivity contribution in [3.05, 3.63) is 57.6 Å². The van der Waals surface area contributed by atoms with Crippen LogP contribution in [0.15, 0.2) is 24.3 Å². The number of ketones is 1. The average molecular weight is 401 g/mol. The van der Waals surface area contributed by atoms with E-state index < -0.39 is 0 Å². The van der Waals surface area contributed by atoms with E-state index in [2.05, 4.69) is 47.9 Å². The molecule has 0 N–H and O–H groups in total. The van der Waals surface area contributed by atoms with E-state index in [1.54, 1.807) is 0 Å². The van der Waals surface area contributed by atoms with E-state index in [0.29, 0.717) is 12.1 Å². The highest BCUT2D eigenvalue weighted by molar-refractivity contribution is 6.10. The largest absolute Gasteiger partial charge is 0.368 e. The third-order valence-corrected chi connectivity index (χ3v) is 8.05. The molecule has 0 aliphatic carbocycles. The van der Waals surface area contributed by atoms with Crippen LogP contribution in [-0.4, -0.2) is 31.0 Å². The van der Waals surface area contributed by atoms with Gasteiger partial charge in [-0.25, -0.2) is 0 Å². The molecule has 6 rings (SSSR count). The van der Waals surface area contributed by atoms with Gasteiger partial charge in [-0.15, -0.1) is 0 Å². The fourth-order valence-corrected chi connectivity index (χ4v) is 6.47. The molecule has 156 valence electrons. The number of rotatable bonds is 2. The Bertz CT molecular complexity index is 924. The third kappa shape index (κ3) is 2.74. The molecule has 2 aromatic carbocycles. The second-order valence-corrected chi connectivity index (χ2v) is 9.98. The number of benzene rings is 2. The van der Waals surface area contributed by atoms with Crippen molar-refractivity contribution in [1.29, 1.82) is 0 Å². The molecule has 0 radical (unpaired) electrons. The van der Waals surface area contributed by atoms with Gasteiger partial charge in [0.25, 0.3) is 0 Å². The molecule has 0 amide bonds. The van der Waals surface area contributed by atoms with Gasteiger partial charge in [-0.1, -0.05) is 0 Å². The van der Waals surface area contributed by atoms with Crippen LogP contribution in [0.1, 0.15) is 77.7 Å². The predicted molar refractivity (Wildman–Crippen MR) is 123 cm³/mol. The monoisotopic (exact) mass is 400 g/mol. The standard InChI is InChI=1S/C27H32N2O/c1-17-7-9-21-15-23(13-19-5-3-11-28(17)25(19)21)27(30)24-14-20-6-4-12-29-18(2)8-10-22(16-24)26(20)29/h13-18H,3-12H2,1-2H3. The molecule has 0 fully saturated rings. The molecular formula is C27H32N2O. The zero-order chi connectivity index (χ0) is 20.4. The summed E-state index contributed by atoms with van der Waals surface area (Å²) in [5.41, 5.74) is 10.3. The Morgan fingerprint density at radius 3 is 1.53 bits per heavy atom. The number of hydrogen-bond acceptors (Lipinski definition) is 3. The van der Waals surface area contributed by atoms with E-state index in [4.69, 9.17) is 0 Å². The molecule has 3 nitrogen and oxygen atoms in total. The number of carbonyl (C=O) groups is 1. The first kappa shape index (κ1) is 18.5. The van der Waals surface area contributed by atoms with Crippen molar-refractivity contribution >= 4 is 17.2 Å². The molecule has 30 heavy (non-hydrogen) atoms. The Morgan fingerprint density at radius 1 is 0.700 bits per heavy atom. The van der Waals surface area contributed by atoms with Crippen molar-refractivity contribution in [2.24, 2.45) is 0 Å². The van der Waals surface area contributed by atoms with E-state index in [9.17, 15) is 4.79 Å². The van der Waals surface area contributed by atoms with Gasteiger partial charge in [0, 0.05) is 47.7 Å². The number of carbonyl (C=O) groups excluding carboxylic acids is 1. The van der Waals surface area contributed by atoms with E-state index in [0.717, 1.165) is 49.9 Å². The molecule has 4 aliphatic heterocycles. The lowest BCUT2D eigenvalue weighted by atomic mass is 9.84. The van der Waals surface area contributed by atoms with Gasteiger partial charge in [0.15, 0.2) is 5.78 Å². The Hall–Kier alpha value is -2.29. The fourth-order valence-electron chi connectivity index (χ4n) is 6.47. The first-order chi connectivity index (χ1) is 14.6. The van der Waals surface area contributed by atoms with Gasteiger partial charge in [0.05, 0.1) is 0 Å². The minimum Gasteiger partial charge on any atom is -0.368 e. The summed E-state index contributed by atoms with van der Waals surface area (Å²) in [4.78, 5) is 18.8. The van der Waals surface area contributed by atoms with E-state index >= 15 is 0 Å². The summed E-state index contributed by atoms with van der Waals surface area (Å²) in [5, 5.41) is 0. The molecule has 4 aliphatic rings. The number of hydrogen-bond donors (Lipinski definition) is 0. The number of anilines is 2. The lowest BCUT2D eigenvalue weighted by Crippen LogP contribution is -2.41. The average Bonchev–Trinajstić information content (AvgIpc) is 2.78. The molecule has 0 bridgehead atoms. The maximum Gasteiger partial charge on any atom is 0.193 e. The van der Waals surface area contributed by atoms with Crippen molar-refractivity contribution in [2.45, 2.75) is 77.3 Å². The summed E-state index contributed by atoms with van der Waals surface area (Å²) in [6, 6.07) is 10.1. The molecule has 0 spiro atoms. The summed E-state index contributed by atoms with van der Waals surface area (Å²) in [5.74, 6) is 0.222. The second-order valence-electron chi connectivity index (χ2n) is 9.98. The van der Waals surface area contributed by atoms with Crippen LogP contribution in [0.25, 0.3) is 0 Å². The fraction of sp³-hybridized carbons (Fsp3) is 0.519. The van der Waals surface area contributed by atoms with Crippen LogP contribution in [0.2, 0.25) is 0 Å². The molecular weight excluding hydrogens is 368 g/mol. The lowest BCUT2D eigenvalue weighted by molar-refractivity contribution is 0.103. The van der Waals surface area contributed by atoms with Crippen LogP contribution in [0, 0.1) is 0 Å². The van der Waals surface area contributed by atoms with E-state index in [1.807, 2.05) is 0 Å². The van der Waals surface area contributed by atoms with Gasteiger partial charge in [-0.2, -0.15) is 0 Å². The molecule has 0 aromatic heterocycles. The highest BCUT2D eigenvalue weighted by Gasteiger charge is 2.31. The van der Waals surface area contributed by atoms with Crippen molar-refractivity contribution in [3.63, 3.8) is 0 Å². The van der Waals surface area contributed by atoms with E-state index in [-0.39, 0.29) is 5.78 Å². The van der Waals surface area contributed by atoms with Crippen molar-refractivity contribution in [2.75, 3.05) is 22.9 Å². The Kier molecular flexibility index (Phi) is 4.23. The summed E-state index contributed by atoms with van der Waals surface area (Å²) in [6.45, 7) is 7.02. The first-order valence-corrected chi connectivity index (χ1v) is 12.0. The molecule has 0 saturated heterocycles. The highest BCUT2D eigenvalue weighted by Crippen LogP contribution is 2.41. The summed E-state index contributed by atoms with van der Waals surface area (Å²) in [7, 11) is 0. The Balaban J connectivity index is 1.41. The van der Waals surface area contributed by atoms with Gasteiger partial charge in [-0.3, -0.25) is 4.79 Å². The summed E-state index contributed by atoms with van der Waals surface area (Å²) < 4.78 is 0. The third-order valence-electron chi connectivity index (χ3n) is 8.05. The molecule has 3 heteroatoms. The normalized spacial score (nSPS) is 24.3. The Morgan fingerprint density at radius 2 is 1.10 bits per heavy atom. The topological polar surface area (TPSA) is 23.6 Å². The minimum absolute atomic E-state index is 0.222. The first-order valence-electron chi connectivity index (χ1n) is 12.0. The minimum atomic E-state index is 0.222. The lowest BCUT2D eigenvalue weighted by Gasteiger charge is -2.42. The van der Waals surface area contributed by atoms with Crippen molar-refractivity contribution in [1.82, 2.24) is 0 Å². The van der Waals surface area contributed by atoms with Crippen LogP contribution in [0.4, 0.5) is 11.4 Å². The zero-order valence-corrected chi connectivity index (χ0v) is 18.3. The number of aryl methyl sites for hydroxylation is 4. The van der Waals surface area contributed by atoms with Crippen LogP contribution >= 0.6 is 0 Å². The Labute approximate surface area is 180 Å². The molecule has 4 heterocycles. The summed E-state index contributed by atoms with van der Waals surface area (Å²) >= 11 is 0. The number of nitrogens with zero attached hydrogens (tertiary/aromatic N) is 2. The van der Waals surface area contributed by atoms with Crippen LogP contribution in [-0.2, 0) is 25.7 Å². The van der Waals surface area contributed by atoms with Crippen molar-refractivity contribution < 1.29 is 4.79 Å². The van der Waals surface area contributed by atoms with Gasteiger partial charge in [0.2, 0.25) is 0 Å². The second kappa shape index (κ2) is 6.87. The SMILES string of the molecule is CC1CCc2cc(C(=O)c3cc4c5c(c3)CCC(C)N5CCC4)cc3c2N1CCC3. The van der Waals surface area contributed by atoms with Gasteiger partial charge < -0.3 is 9.80 Å². The van der Waals surface area contributed by atoms with Crippen molar-refractivity contribution in [3.8, 4) is 0 Å². The van der Waals surface area contributed by atoms with Gasteiger partial charge in [-0.05, 0) is 112 Å². The zero-order valence-electron chi connectivity index (χ0n) is 18.3. The van der Waals surface area contributed by atoms with Crippen LogP contribution in [0.3, 0.4) is 0 Å². The van der Waals surface area contributed by atoms with Crippen LogP contribution in [0.5, 0.6) is 0 Å². The van der Waals surface area contributed by atoms with Gasteiger partial charge >= 0.3 is 0 Å². The molecule has 2 unspecified atom stereocenters. The quantitative estimate of drug-likeness (QED) is 0.656. The van der Waals surface area contributed by atoms with Crippen LogP contribution < -0.4 is 9.80 Å². The predicted octanol–water partition coefficient (Wildman–Crippen LogP) is 5.09. The molecule has 2 atom stereocenters.